The smallest absolute Gasteiger partial charge is 0.410 e. The fourth-order valence-electron chi connectivity index (χ4n) is 2.34. The summed E-state index contributed by atoms with van der Waals surface area (Å²) in [5.41, 5.74) is -0.549. The van der Waals surface area contributed by atoms with Gasteiger partial charge in [0.1, 0.15) is 19.0 Å². The van der Waals surface area contributed by atoms with Crippen molar-refractivity contribution in [3.63, 3.8) is 0 Å². The first-order valence-electron chi connectivity index (χ1n) is 7.90. The van der Waals surface area contributed by atoms with Crippen molar-refractivity contribution in [2.45, 2.75) is 26.4 Å². The Labute approximate surface area is 132 Å². The molecule has 5 nitrogen and oxygen atoms in total. The maximum absolute atomic E-state index is 12.6. The van der Waals surface area contributed by atoms with Gasteiger partial charge in [0.05, 0.1) is 0 Å². The van der Waals surface area contributed by atoms with Crippen LogP contribution < -0.4 is 0 Å². The Morgan fingerprint density at radius 2 is 1.32 bits per heavy atom. The third-order valence-corrected chi connectivity index (χ3v) is 3.56. The zero-order valence-corrected chi connectivity index (χ0v) is 14.0. The van der Waals surface area contributed by atoms with Crippen LogP contribution in [0.15, 0.2) is 0 Å². The molecule has 0 aromatic rings. The average molecular weight is 321 g/mol. The molecule has 130 valence electrons. The molecule has 0 aromatic carbocycles. The van der Waals surface area contributed by atoms with Crippen LogP contribution in [0.4, 0.5) is 13.6 Å². The van der Waals surface area contributed by atoms with Crippen molar-refractivity contribution < 1.29 is 18.3 Å². The van der Waals surface area contributed by atoms with Gasteiger partial charge in [-0.05, 0) is 20.8 Å². The topological polar surface area (TPSA) is 36.0 Å². The van der Waals surface area contributed by atoms with Crippen LogP contribution in [-0.4, -0.2) is 92.1 Å². The molecule has 1 saturated heterocycles. The number of carbonyl (C=O) groups is 1. The number of nitrogens with zero attached hydrogens (tertiary/aromatic N) is 3. The number of rotatable bonds is 4. The molecule has 1 fully saturated rings. The highest BCUT2D eigenvalue weighted by molar-refractivity contribution is 5.68. The van der Waals surface area contributed by atoms with Gasteiger partial charge in [-0.1, -0.05) is 0 Å². The van der Waals surface area contributed by atoms with Crippen LogP contribution in [0, 0.1) is 0 Å². The summed E-state index contributed by atoms with van der Waals surface area (Å²) in [6, 6.07) is 0. The predicted molar refractivity (Wildman–Crippen MR) is 82.6 cm³/mol. The number of hydrogen-bond donors (Lipinski definition) is 0. The van der Waals surface area contributed by atoms with Gasteiger partial charge in [-0.25, -0.2) is 13.6 Å². The van der Waals surface area contributed by atoms with E-state index in [1.165, 1.54) is 0 Å². The summed E-state index contributed by atoms with van der Waals surface area (Å²) in [6.45, 7) is 8.89. The Bertz CT molecular complexity index is 319. The van der Waals surface area contributed by atoms with E-state index in [-0.39, 0.29) is 6.09 Å². The van der Waals surface area contributed by atoms with Crippen molar-refractivity contribution in [1.29, 1.82) is 0 Å². The second-order valence-corrected chi connectivity index (χ2v) is 6.53. The van der Waals surface area contributed by atoms with Gasteiger partial charge in [0.25, 0.3) is 0 Å². The Morgan fingerprint density at radius 3 is 1.68 bits per heavy atom. The third-order valence-electron chi connectivity index (χ3n) is 3.56. The molecule has 0 spiro atoms. The lowest BCUT2D eigenvalue weighted by molar-refractivity contribution is 0.0230. The summed E-state index contributed by atoms with van der Waals surface area (Å²) in [5.74, 6) is 0. The molecule has 0 N–H and O–H groups in total. The normalized spacial score (nSPS) is 19.4. The lowest BCUT2D eigenvalue weighted by Gasteiger charge is -2.28. The van der Waals surface area contributed by atoms with Crippen molar-refractivity contribution >= 4 is 6.09 Å². The Balaban J connectivity index is 2.69. The third kappa shape index (κ3) is 7.35. The molecule has 1 heterocycles. The molecular weight excluding hydrogens is 292 g/mol. The second-order valence-electron chi connectivity index (χ2n) is 6.53. The van der Waals surface area contributed by atoms with Gasteiger partial charge in [-0.2, -0.15) is 0 Å². The van der Waals surface area contributed by atoms with Crippen LogP contribution in [0.2, 0.25) is 0 Å². The van der Waals surface area contributed by atoms with Crippen LogP contribution >= 0.6 is 0 Å². The lowest BCUT2D eigenvalue weighted by atomic mass is 10.2. The molecule has 7 heteroatoms. The maximum Gasteiger partial charge on any atom is 0.410 e. The predicted octanol–water partition coefficient (Wildman–Crippen LogP) is 1.78. The monoisotopic (exact) mass is 321 g/mol. The molecule has 1 aliphatic heterocycles. The van der Waals surface area contributed by atoms with Crippen molar-refractivity contribution in [2.24, 2.45) is 0 Å². The highest BCUT2D eigenvalue weighted by Gasteiger charge is 2.24. The Hall–Kier alpha value is -0.950. The number of ether oxygens (including phenoxy) is 1. The Kier molecular flexibility index (Phi) is 8.03. The lowest BCUT2D eigenvalue weighted by Crippen LogP contribution is -2.43. The van der Waals surface area contributed by atoms with Crippen molar-refractivity contribution in [3.8, 4) is 0 Å². The standard InChI is InChI=1S/C15H29F2N3O2/c1-15(2,3)22-14(21)20-12-10-18(6-4-16)8-9-19(7-5-17)11-13-20/h4-13H2,1-3H3. The Morgan fingerprint density at radius 1 is 0.909 bits per heavy atom. The van der Waals surface area contributed by atoms with Crippen LogP contribution in [0.25, 0.3) is 0 Å². The van der Waals surface area contributed by atoms with E-state index in [0.29, 0.717) is 52.4 Å². The van der Waals surface area contributed by atoms with E-state index in [2.05, 4.69) is 0 Å². The van der Waals surface area contributed by atoms with E-state index in [1.54, 1.807) is 4.90 Å². The minimum atomic E-state index is -0.549. The second kappa shape index (κ2) is 9.25. The molecule has 0 aromatic heterocycles. The fourth-order valence-corrected chi connectivity index (χ4v) is 2.34. The molecule has 1 aliphatic rings. The zero-order chi connectivity index (χ0) is 16.6. The van der Waals surface area contributed by atoms with Crippen LogP contribution in [-0.2, 0) is 4.74 Å². The number of amides is 1. The minimum absolute atomic E-state index is 0.339. The molecule has 0 bridgehead atoms. The van der Waals surface area contributed by atoms with Gasteiger partial charge in [0.15, 0.2) is 0 Å². The number of halogens is 2. The summed E-state index contributed by atoms with van der Waals surface area (Å²) in [6.07, 6.45) is -0.366. The molecule has 1 amide bonds. The molecule has 0 saturated carbocycles. The van der Waals surface area contributed by atoms with Gasteiger partial charge in [0, 0.05) is 52.4 Å². The molecule has 0 atom stereocenters. The van der Waals surface area contributed by atoms with Gasteiger partial charge in [-0.15, -0.1) is 0 Å². The summed E-state index contributed by atoms with van der Waals surface area (Å²) in [4.78, 5) is 17.8. The zero-order valence-electron chi connectivity index (χ0n) is 14.0. The van der Waals surface area contributed by atoms with Gasteiger partial charge in [-0.3, -0.25) is 9.80 Å². The first-order chi connectivity index (χ1) is 10.4. The van der Waals surface area contributed by atoms with E-state index in [1.807, 2.05) is 30.6 Å². The highest BCUT2D eigenvalue weighted by atomic mass is 19.1. The summed E-state index contributed by atoms with van der Waals surface area (Å²) < 4.78 is 30.6. The fraction of sp³-hybridized carbons (Fsp3) is 0.933. The summed E-state index contributed by atoms with van der Waals surface area (Å²) >= 11 is 0. The average Bonchev–Trinajstić information content (AvgIpc) is 2.50. The molecule has 0 radical (unpaired) electrons. The van der Waals surface area contributed by atoms with E-state index in [9.17, 15) is 13.6 Å². The van der Waals surface area contributed by atoms with Crippen LogP contribution in [0.3, 0.4) is 0 Å². The number of hydrogen-bond acceptors (Lipinski definition) is 4. The molecule has 0 aliphatic carbocycles. The quantitative estimate of drug-likeness (QED) is 0.791. The summed E-state index contributed by atoms with van der Waals surface area (Å²) in [5, 5.41) is 0. The van der Waals surface area contributed by atoms with Gasteiger partial charge < -0.3 is 9.64 Å². The SMILES string of the molecule is CC(C)(C)OC(=O)N1CCN(CCF)CCN(CCF)CC1. The van der Waals surface area contributed by atoms with Crippen LogP contribution in [0.5, 0.6) is 0 Å². The minimum Gasteiger partial charge on any atom is -0.444 e. The molecular formula is C15H29F2N3O2. The van der Waals surface area contributed by atoms with Crippen molar-refractivity contribution in [3.05, 3.63) is 0 Å². The van der Waals surface area contributed by atoms with E-state index >= 15 is 0 Å². The van der Waals surface area contributed by atoms with Crippen molar-refractivity contribution in [1.82, 2.24) is 14.7 Å². The number of alkyl halides is 2. The van der Waals surface area contributed by atoms with E-state index in [0.717, 1.165) is 0 Å². The first-order valence-corrected chi connectivity index (χ1v) is 7.90. The summed E-state index contributed by atoms with van der Waals surface area (Å²) in [7, 11) is 0. The van der Waals surface area contributed by atoms with Crippen LogP contribution in [0.1, 0.15) is 20.8 Å². The molecule has 22 heavy (non-hydrogen) atoms. The van der Waals surface area contributed by atoms with Gasteiger partial charge in [0.2, 0.25) is 0 Å². The van der Waals surface area contributed by atoms with Crippen molar-refractivity contribution in [2.75, 3.05) is 65.7 Å². The van der Waals surface area contributed by atoms with E-state index in [4.69, 9.17) is 4.74 Å². The van der Waals surface area contributed by atoms with Gasteiger partial charge >= 0.3 is 6.09 Å². The molecule has 0 unspecified atom stereocenters. The maximum atomic E-state index is 12.6. The van der Waals surface area contributed by atoms with E-state index < -0.39 is 19.0 Å². The largest absolute Gasteiger partial charge is 0.444 e. The highest BCUT2D eigenvalue weighted by Crippen LogP contribution is 2.11. The first kappa shape index (κ1) is 19.1. The number of carbonyl (C=O) groups excluding carboxylic acids is 1. The molecule has 1 rings (SSSR count).